The number of carboxylic acids is 1. The number of allylic oxidation sites excluding steroid dienone is 1. The zero-order valence-electron chi connectivity index (χ0n) is 22.4. The van der Waals surface area contributed by atoms with Crippen molar-refractivity contribution in [3.05, 3.63) is 11.6 Å². The third-order valence-electron chi connectivity index (χ3n) is 13.0. The molecule has 0 aromatic carbocycles. The first-order valence-electron chi connectivity index (χ1n) is 13.9. The van der Waals surface area contributed by atoms with Gasteiger partial charge in [0.25, 0.3) is 0 Å². The van der Waals surface area contributed by atoms with Crippen molar-refractivity contribution in [1.82, 2.24) is 0 Å². The van der Waals surface area contributed by atoms with E-state index in [0.29, 0.717) is 18.3 Å². The minimum absolute atomic E-state index is 0.0439. The van der Waals surface area contributed by atoms with E-state index in [4.69, 9.17) is 4.74 Å². The van der Waals surface area contributed by atoms with Crippen LogP contribution in [-0.2, 0) is 9.53 Å². The first-order valence-corrected chi connectivity index (χ1v) is 13.9. The zero-order valence-corrected chi connectivity index (χ0v) is 22.4. The van der Waals surface area contributed by atoms with E-state index in [1.165, 1.54) is 5.57 Å². The summed E-state index contributed by atoms with van der Waals surface area (Å²) >= 11 is 0. The molecule has 5 aliphatic carbocycles. The molecule has 4 heteroatoms. The van der Waals surface area contributed by atoms with Crippen LogP contribution >= 0.6 is 0 Å². The summed E-state index contributed by atoms with van der Waals surface area (Å²) in [6.07, 6.45) is 10.2. The van der Waals surface area contributed by atoms with Crippen LogP contribution in [-0.4, -0.2) is 34.5 Å². The smallest absolute Gasteiger partial charge is 0.310 e. The number of carbonyl (C=O) groups is 1. The second kappa shape index (κ2) is 6.52. The molecule has 4 saturated carbocycles. The number of ether oxygens (including phenoxy) is 1. The molecule has 0 amide bonds. The number of hydrogen-bond donors (Lipinski definition) is 2. The Morgan fingerprint density at radius 1 is 0.971 bits per heavy atom. The number of hydrogen-bond acceptors (Lipinski definition) is 3. The maximum atomic E-state index is 12.9. The van der Waals surface area contributed by atoms with Crippen molar-refractivity contribution in [3.63, 3.8) is 0 Å². The molecule has 4 nitrogen and oxygen atoms in total. The molecule has 1 aliphatic heterocycles. The van der Waals surface area contributed by atoms with Gasteiger partial charge in [0.15, 0.2) is 0 Å². The Labute approximate surface area is 205 Å². The molecule has 0 bridgehead atoms. The Balaban J connectivity index is 1.48. The van der Waals surface area contributed by atoms with Crippen LogP contribution in [0.5, 0.6) is 0 Å². The molecule has 10 unspecified atom stereocenters. The van der Waals surface area contributed by atoms with Gasteiger partial charge in [-0.05, 0) is 84.9 Å². The second-order valence-corrected chi connectivity index (χ2v) is 15.4. The van der Waals surface area contributed by atoms with E-state index in [0.717, 1.165) is 44.9 Å². The molecular weight excluding hydrogens is 424 g/mol. The summed E-state index contributed by atoms with van der Waals surface area (Å²) in [6, 6.07) is 0. The molecule has 10 atom stereocenters. The first kappa shape index (κ1) is 23.5. The first-order chi connectivity index (χ1) is 15.6. The fourth-order valence-electron chi connectivity index (χ4n) is 11.2. The van der Waals surface area contributed by atoms with Gasteiger partial charge in [-0.3, -0.25) is 4.79 Å². The van der Waals surface area contributed by atoms with Gasteiger partial charge in [0.1, 0.15) is 0 Å². The van der Waals surface area contributed by atoms with Gasteiger partial charge in [-0.25, -0.2) is 0 Å². The van der Waals surface area contributed by atoms with E-state index >= 15 is 0 Å². The summed E-state index contributed by atoms with van der Waals surface area (Å²) in [4.78, 5) is 12.9. The molecule has 2 N–H and O–H groups in total. The van der Waals surface area contributed by atoms with E-state index in [-0.39, 0.29) is 51.3 Å². The minimum Gasteiger partial charge on any atom is -0.481 e. The standard InChI is InChI=1S/C30H46O4/c1-25(2)14-15-30(24(32)33)13-9-18-28(6)11-8-17-26(3,4)20(31)10-12-27(17,5)22(28)21-23(34-21)29(18,7)19(30)16-25/h9,17,19-23,31H,8,10-16H2,1-7H3,(H,32,33). The molecule has 34 heavy (non-hydrogen) atoms. The Bertz CT molecular complexity index is 965. The number of aliphatic carboxylic acids is 1. The van der Waals surface area contributed by atoms with Gasteiger partial charge in [0.2, 0.25) is 0 Å². The van der Waals surface area contributed by atoms with E-state index in [2.05, 4.69) is 54.5 Å². The number of fused-ring (bicyclic) bond motifs is 10. The van der Waals surface area contributed by atoms with E-state index in [1.807, 2.05) is 0 Å². The highest BCUT2D eigenvalue weighted by atomic mass is 16.6. The monoisotopic (exact) mass is 470 g/mol. The molecule has 5 fully saturated rings. The lowest BCUT2D eigenvalue weighted by atomic mass is 9.34. The average molecular weight is 471 g/mol. The van der Waals surface area contributed by atoms with Crippen LogP contribution in [0.25, 0.3) is 0 Å². The highest BCUT2D eigenvalue weighted by Crippen LogP contribution is 2.78. The maximum Gasteiger partial charge on any atom is 0.310 e. The molecule has 190 valence electrons. The van der Waals surface area contributed by atoms with E-state index in [9.17, 15) is 15.0 Å². The minimum atomic E-state index is -0.647. The van der Waals surface area contributed by atoms with Crippen molar-refractivity contribution in [2.24, 2.45) is 50.2 Å². The van der Waals surface area contributed by atoms with Crippen LogP contribution < -0.4 is 0 Å². The van der Waals surface area contributed by atoms with Gasteiger partial charge in [0, 0.05) is 11.3 Å². The topological polar surface area (TPSA) is 70.1 Å². The lowest BCUT2D eigenvalue weighted by molar-refractivity contribution is -0.183. The van der Waals surface area contributed by atoms with Crippen LogP contribution in [0.1, 0.15) is 99.8 Å². The molecule has 6 rings (SSSR count). The SMILES string of the molecule is CC1(C)CCC2(C(=O)O)CC=C3C4(C)CCC5C(C)(C)C(O)CCC5(C)C4C4OC4C3(C)C2C1. The summed E-state index contributed by atoms with van der Waals surface area (Å²) in [5.74, 6) is 0.479. The molecular formula is C30H46O4. The van der Waals surface area contributed by atoms with Crippen LogP contribution in [0, 0.1) is 50.2 Å². The lowest BCUT2D eigenvalue weighted by Gasteiger charge is -2.68. The molecule has 6 aliphatic rings. The van der Waals surface area contributed by atoms with Crippen LogP contribution in [0.2, 0.25) is 0 Å². The molecule has 0 spiro atoms. The highest BCUT2D eigenvalue weighted by Gasteiger charge is 2.78. The maximum absolute atomic E-state index is 12.9. The Morgan fingerprint density at radius 2 is 1.68 bits per heavy atom. The normalized spacial score (nSPS) is 56.5. The largest absolute Gasteiger partial charge is 0.481 e. The number of carboxylic acid groups (broad SMARTS) is 1. The van der Waals surface area contributed by atoms with Crippen LogP contribution in [0.4, 0.5) is 0 Å². The molecule has 1 heterocycles. The Morgan fingerprint density at radius 3 is 2.35 bits per heavy atom. The number of aliphatic hydroxyl groups excluding tert-OH is 1. The van der Waals surface area contributed by atoms with Gasteiger partial charge < -0.3 is 14.9 Å². The summed E-state index contributed by atoms with van der Waals surface area (Å²) in [7, 11) is 0. The van der Waals surface area contributed by atoms with Crippen LogP contribution in [0.3, 0.4) is 0 Å². The third-order valence-corrected chi connectivity index (χ3v) is 13.0. The summed E-state index contributed by atoms with van der Waals surface area (Å²) in [5.41, 5.74) is 0.971. The average Bonchev–Trinajstić information content (AvgIpc) is 3.52. The zero-order chi connectivity index (χ0) is 24.7. The third kappa shape index (κ3) is 2.56. The lowest BCUT2D eigenvalue weighted by Crippen LogP contribution is -2.66. The van der Waals surface area contributed by atoms with Gasteiger partial charge in [-0.1, -0.05) is 60.1 Å². The fourth-order valence-corrected chi connectivity index (χ4v) is 11.2. The molecule has 0 aromatic heterocycles. The fraction of sp³-hybridized carbons (Fsp3) is 0.900. The predicted octanol–water partition coefficient (Wildman–Crippen LogP) is 6.22. The number of epoxide rings is 1. The van der Waals surface area contributed by atoms with Crippen molar-refractivity contribution in [3.8, 4) is 0 Å². The number of aliphatic hydroxyl groups is 1. The van der Waals surface area contributed by atoms with Gasteiger partial charge in [0.05, 0.1) is 23.7 Å². The van der Waals surface area contributed by atoms with Crippen molar-refractivity contribution in [1.29, 1.82) is 0 Å². The number of rotatable bonds is 1. The molecule has 1 saturated heterocycles. The van der Waals surface area contributed by atoms with E-state index < -0.39 is 11.4 Å². The van der Waals surface area contributed by atoms with E-state index in [1.54, 1.807) is 0 Å². The quantitative estimate of drug-likeness (QED) is 0.352. The van der Waals surface area contributed by atoms with Crippen LogP contribution in [0.15, 0.2) is 11.6 Å². The molecule has 0 radical (unpaired) electrons. The van der Waals surface area contributed by atoms with Crippen molar-refractivity contribution < 1.29 is 19.7 Å². The van der Waals surface area contributed by atoms with Crippen molar-refractivity contribution in [2.75, 3.05) is 0 Å². The van der Waals surface area contributed by atoms with Crippen molar-refractivity contribution >= 4 is 5.97 Å². The second-order valence-electron chi connectivity index (χ2n) is 15.4. The Hall–Kier alpha value is -0.870. The predicted molar refractivity (Wildman–Crippen MR) is 132 cm³/mol. The summed E-state index contributed by atoms with van der Waals surface area (Å²) in [6.45, 7) is 16.6. The van der Waals surface area contributed by atoms with Gasteiger partial charge in [-0.15, -0.1) is 0 Å². The Kier molecular flexibility index (Phi) is 4.51. The van der Waals surface area contributed by atoms with Gasteiger partial charge >= 0.3 is 5.97 Å². The van der Waals surface area contributed by atoms with Gasteiger partial charge in [-0.2, -0.15) is 0 Å². The highest BCUT2D eigenvalue weighted by molar-refractivity contribution is 5.76. The summed E-state index contributed by atoms with van der Waals surface area (Å²) in [5, 5.41) is 21.5. The summed E-state index contributed by atoms with van der Waals surface area (Å²) < 4.78 is 6.74. The van der Waals surface area contributed by atoms with Crippen molar-refractivity contribution in [2.45, 2.75) is 118 Å². The molecule has 0 aromatic rings.